The van der Waals surface area contributed by atoms with Gasteiger partial charge in [-0.25, -0.2) is 18.7 Å². The van der Waals surface area contributed by atoms with E-state index >= 15 is 4.39 Å². The second-order valence-electron chi connectivity index (χ2n) is 10.5. The molecule has 11 heteroatoms. The highest BCUT2D eigenvalue weighted by Crippen LogP contribution is 2.30. The van der Waals surface area contributed by atoms with Crippen LogP contribution >= 0.6 is 0 Å². The maximum Gasteiger partial charge on any atom is 0.269 e. The van der Waals surface area contributed by atoms with E-state index in [1.165, 1.54) is 47.3 Å². The van der Waals surface area contributed by atoms with Gasteiger partial charge in [-0.2, -0.15) is 0 Å². The molecule has 0 amide bonds. The Balaban J connectivity index is 1.18. The van der Waals surface area contributed by atoms with E-state index in [0.29, 0.717) is 35.7 Å². The van der Waals surface area contributed by atoms with Gasteiger partial charge in [-0.3, -0.25) is 14.2 Å². The number of fused-ring (bicyclic) bond motifs is 1. The number of aromatic nitrogens is 3. The third-order valence-electron chi connectivity index (χ3n) is 7.53. The van der Waals surface area contributed by atoms with Crippen molar-refractivity contribution < 1.29 is 23.0 Å². The number of piperidine rings is 1. The molecule has 2 aromatic heterocycles. The van der Waals surface area contributed by atoms with Crippen molar-refractivity contribution in [2.45, 2.75) is 31.7 Å². The zero-order valence-corrected chi connectivity index (χ0v) is 23.0. The molecule has 0 atom stereocenters. The molecule has 0 unspecified atom stereocenters. The van der Waals surface area contributed by atoms with Crippen LogP contribution in [0.15, 0.2) is 65.8 Å². The fourth-order valence-electron chi connectivity index (χ4n) is 5.26. The zero-order valence-electron chi connectivity index (χ0n) is 23.0. The lowest BCUT2D eigenvalue weighted by Crippen LogP contribution is -2.36. The molecule has 4 heterocycles. The van der Waals surface area contributed by atoms with Gasteiger partial charge in [0.05, 0.1) is 6.61 Å². The second-order valence-corrected chi connectivity index (χ2v) is 10.5. The molecule has 0 saturated carbocycles. The maximum atomic E-state index is 15.1. The van der Waals surface area contributed by atoms with Gasteiger partial charge in [-0.1, -0.05) is 6.07 Å². The SMILES string of the molecule is CN1CCC(Nc2cc(Oc3ccc(CC(=O)c4c5c(cn(-c6ccc(F)cc6)c4=O)CCO5)cc3F)ncn2)CC1. The van der Waals surface area contributed by atoms with Crippen molar-refractivity contribution in [1.29, 1.82) is 0 Å². The number of rotatable bonds is 8. The molecular weight excluding hydrogens is 544 g/mol. The van der Waals surface area contributed by atoms with Crippen molar-refractivity contribution in [3.05, 3.63) is 99.7 Å². The lowest BCUT2D eigenvalue weighted by Gasteiger charge is -2.29. The van der Waals surface area contributed by atoms with Crippen LogP contribution in [0.2, 0.25) is 0 Å². The highest BCUT2D eigenvalue weighted by Gasteiger charge is 2.27. The fourth-order valence-corrected chi connectivity index (χ4v) is 5.26. The number of Topliss-reactive ketones (excluding diaryl/α,β-unsaturated/α-hetero) is 1. The van der Waals surface area contributed by atoms with E-state index in [0.717, 1.165) is 25.9 Å². The van der Waals surface area contributed by atoms with Gasteiger partial charge in [-0.15, -0.1) is 0 Å². The predicted molar refractivity (Wildman–Crippen MR) is 152 cm³/mol. The number of hydrogen-bond acceptors (Lipinski definition) is 8. The lowest BCUT2D eigenvalue weighted by molar-refractivity contribution is 0.0988. The summed E-state index contributed by atoms with van der Waals surface area (Å²) in [6.07, 6.45) is 5.25. The second kappa shape index (κ2) is 11.7. The molecule has 2 aliphatic rings. The molecule has 0 spiro atoms. The number of anilines is 1. The van der Waals surface area contributed by atoms with Gasteiger partial charge in [0.25, 0.3) is 5.56 Å². The Morgan fingerprint density at radius 2 is 1.88 bits per heavy atom. The average Bonchev–Trinajstić information content (AvgIpc) is 3.44. The van der Waals surface area contributed by atoms with Crippen molar-refractivity contribution in [2.75, 3.05) is 32.1 Å². The van der Waals surface area contributed by atoms with E-state index in [9.17, 15) is 14.0 Å². The van der Waals surface area contributed by atoms with Gasteiger partial charge in [0.1, 0.15) is 29.3 Å². The third-order valence-corrected chi connectivity index (χ3v) is 7.53. The van der Waals surface area contributed by atoms with Gasteiger partial charge in [0.15, 0.2) is 17.3 Å². The number of nitrogens with zero attached hydrogens (tertiary/aromatic N) is 4. The number of benzene rings is 2. The first-order valence-electron chi connectivity index (χ1n) is 13.8. The Morgan fingerprint density at radius 1 is 1.10 bits per heavy atom. The van der Waals surface area contributed by atoms with E-state index in [-0.39, 0.29) is 35.4 Å². The smallest absolute Gasteiger partial charge is 0.269 e. The van der Waals surface area contributed by atoms with E-state index in [1.54, 1.807) is 18.3 Å². The van der Waals surface area contributed by atoms with Crippen molar-refractivity contribution >= 4 is 11.6 Å². The molecule has 1 saturated heterocycles. The van der Waals surface area contributed by atoms with Crippen molar-refractivity contribution in [3.63, 3.8) is 0 Å². The number of carbonyl (C=O) groups is 1. The Labute approximate surface area is 240 Å². The molecule has 2 aliphatic heterocycles. The molecule has 4 aromatic rings. The number of likely N-dealkylation sites (tertiary alicyclic amines) is 1. The van der Waals surface area contributed by atoms with Crippen molar-refractivity contribution in [2.24, 2.45) is 0 Å². The van der Waals surface area contributed by atoms with E-state index in [2.05, 4.69) is 27.2 Å². The standard InChI is InChI=1S/C31H29F2N5O4/c1-37-11-8-22(9-12-37)36-27-16-28(35-18-34-27)42-26-7-2-19(14-24(26)33)15-25(39)29-30-20(10-13-41-30)17-38(31(29)40)23-5-3-21(32)4-6-23/h2-7,14,16-18,22H,8-13,15H2,1H3,(H,34,35,36). The summed E-state index contributed by atoms with van der Waals surface area (Å²) in [5.41, 5.74) is 0.793. The third kappa shape index (κ3) is 5.87. The number of halogens is 2. The maximum absolute atomic E-state index is 15.1. The summed E-state index contributed by atoms with van der Waals surface area (Å²) in [7, 11) is 2.09. The molecule has 9 nitrogen and oxygen atoms in total. The topological polar surface area (TPSA) is 98.6 Å². The molecule has 42 heavy (non-hydrogen) atoms. The number of pyridine rings is 1. The molecule has 1 fully saturated rings. The summed E-state index contributed by atoms with van der Waals surface area (Å²) >= 11 is 0. The molecular formula is C31H29F2N5O4. The molecule has 1 N–H and O–H groups in total. The Bertz CT molecular complexity index is 1680. The molecule has 0 bridgehead atoms. The number of ketones is 1. The lowest BCUT2D eigenvalue weighted by atomic mass is 10.0. The highest BCUT2D eigenvalue weighted by atomic mass is 19.1. The van der Waals surface area contributed by atoms with Gasteiger partial charge in [0.2, 0.25) is 5.88 Å². The van der Waals surface area contributed by atoms with Gasteiger partial charge >= 0.3 is 0 Å². The molecule has 6 rings (SSSR count). The quantitative estimate of drug-likeness (QED) is 0.307. The predicted octanol–water partition coefficient (Wildman–Crippen LogP) is 4.56. The van der Waals surface area contributed by atoms with E-state index < -0.39 is 23.0 Å². The van der Waals surface area contributed by atoms with Crippen LogP contribution in [0, 0.1) is 11.6 Å². The Morgan fingerprint density at radius 3 is 2.64 bits per heavy atom. The van der Waals surface area contributed by atoms with Crippen LogP contribution in [0.4, 0.5) is 14.6 Å². The first-order valence-corrected chi connectivity index (χ1v) is 13.8. The average molecular weight is 574 g/mol. The van der Waals surface area contributed by atoms with Crippen LogP contribution in [-0.2, 0) is 12.8 Å². The van der Waals surface area contributed by atoms with Crippen LogP contribution < -0.4 is 20.3 Å². The van der Waals surface area contributed by atoms with Crippen LogP contribution in [0.5, 0.6) is 17.4 Å². The van der Waals surface area contributed by atoms with Crippen LogP contribution in [0.3, 0.4) is 0 Å². The summed E-state index contributed by atoms with van der Waals surface area (Å²) in [5, 5.41) is 3.38. The highest BCUT2D eigenvalue weighted by molar-refractivity contribution is 6.00. The minimum absolute atomic E-state index is 0.0576. The summed E-state index contributed by atoms with van der Waals surface area (Å²) < 4.78 is 41.2. The first kappa shape index (κ1) is 27.5. The first-order chi connectivity index (χ1) is 20.3. The normalized spacial score (nSPS) is 15.2. The molecule has 2 aromatic carbocycles. The van der Waals surface area contributed by atoms with Gasteiger partial charge in [0, 0.05) is 42.4 Å². The number of hydrogen-bond donors (Lipinski definition) is 1. The summed E-state index contributed by atoms with van der Waals surface area (Å²) in [6.45, 7) is 2.33. The zero-order chi connectivity index (χ0) is 29.2. The van der Waals surface area contributed by atoms with Crippen LogP contribution in [0.1, 0.15) is 34.3 Å². The Kier molecular flexibility index (Phi) is 7.66. The molecule has 216 valence electrons. The van der Waals surface area contributed by atoms with E-state index in [1.807, 2.05) is 0 Å². The summed E-state index contributed by atoms with van der Waals surface area (Å²) in [5.74, 6) is -0.658. The summed E-state index contributed by atoms with van der Waals surface area (Å²) in [6, 6.07) is 11.5. The number of carbonyl (C=O) groups excluding carboxylic acids is 1. The number of ether oxygens (including phenoxy) is 2. The van der Waals surface area contributed by atoms with Gasteiger partial charge in [-0.05, 0) is 74.9 Å². The molecule has 0 aliphatic carbocycles. The van der Waals surface area contributed by atoms with E-state index in [4.69, 9.17) is 9.47 Å². The van der Waals surface area contributed by atoms with Crippen molar-refractivity contribution in [3.8, 4) is 23.1 Å². The van der Waals surface area contributed by atoms with Gasteiger partial charge < -0.3 is 19.7 Å². The Hall–Kier alpha value is -4.64. The molecule has 0 radical (unpaired) electrons. The van der Waals surface area contributed by atoms with Crippen LogP contribution in [0.25, 0.3) is 5.69 Å². The van der Waals surface area contributed by atoms with Crippen molar-refractivity contribution in [1.82, 2.24) is 19.4 Å². The minimum Gasteiger partial charge on any atom is -0.492 e. The largest absolute Gasteiger partial charge is 0.492 e. The van der Waals surface area contributed by atoms with Crippen LogP contribution in [-0.4, -0.2) is 58.0 Å². The fraction of sp³-hybridized carbons (Fsp3) is 0.290. The summed E-state index contributed by atoms with van der Waals surface area (Å²) in [4.78, 5) is 37.4. The number of nitrogens with one attached hydrogen (secondary N) is 1. The monoisotopic (exact) mass is 573 g/mol. The minimum atomic E-state index is -0.679.